The van der Waals surface area contributed by atoms with Gasteiger partial charge in [-0.3, -0.25) is 0 Å². The van der Waals surface area contributed by atoms with E-state index in [9.17, 15) is 0 Å². The topological polar surface area (TPSA) is 0 Å². The van der Waals surface area contributed by atoms with E-state index in [1.54, 1.807) is 0 Å². The van der Waals surface area contributed by atoms with Gasteiger partial charge in [-0.2, -0.15) is 0 Å². The molecule has 0 fully saturated rings. The predicted octanol–water partition coefficient (Wildman–Crippen LogP) is 17.9. The third-order valence-electron chi connectivity index (χ3n) is 13.2. The second kappa shape index (κ2) is 16.3. The zero-order chi connectivity index (χ0) is 43.4. The van der Waals surface area contributed by atoms with Crippen LogP contribution in [0.2, 0.25) is 0 Å². The quantitative estimate of drug-likeness (QED) is 0.111. The summed E-state index contributed by atoms with van der Waals surface area (Å²) in [5.41, 5.74) is 23.1. The Labute approximate surface area is 368 Å². The van der Waals surface area contributed by atoms with Gasteiger partial charge >= 0.3 is 0 Å². The molecule has 9 aromatic carbocycles. The van der Waals surface area contributed by atoms with Crippen molar-refractivity contribution in [2.45, 2.75) is 69.2 Å². The van der Waals surface area contributed by atoms with Gasteiger partial charge in [-0.25, -0.2) is 0 Å². The molecule has 0 spiro atoms. The first-order chi connectivity index (χ1) is 29.9. The molecule has 62 heavy (non-hydrogen) atoms. The highest BCUT2D eigenvalue weighted by molar-refractivity contribution is 6.22. The maximum Gasteiger partial charge on any atom is -0.00260 e. The van der Waals surface area contributed by atoms with Gasteiger partial charge in [-0.1, -0.05) is 156 Å². The lowest BCUT2D eigenvalue weighted by Gasteiger charge is -2.20. The molecule has 0 aliphatic rings. The molecular formula is C62H56. The summed E-state index contributed by atoms with van der Waals surface area (Å²) in [5, 5.41) is 10.3. The first kappa shape index (κ1) is 40.6. The lowest BCUT2D eigenvalue weighted by molar-refractivity contribution is 1.37. The van der Waals surface area contributed by atoms with Crippen molar-refractivity contribution in [3.05, 3.63) is 206 Å². The van der Waals surface area contributed by atoms with Gasteiger partial charge in [0.1, 0.15) is 0 Å². The summed E-state index contributed by atoms with van der Waals surface area (Å²) in [6, 6.07) is 51.1. The van der Waals surface area contributed by atoms with Crippen LogP contribution in [0.5, 0.6) is 0 Å². The summed E-state index contributed by atoms with van der Waals surface area (Å²) in [6.07, 6.45) is 8.79. The highest BCUT2D eigenvalue weighted by Crippen LogP contribution is 2.45. The van der Waals surface area contributed by atoms with Gasteiger partial charge in [-0.05, 0) is 214 Å². The standard InChI is InChI=1S/C62H56/c1-11-12-46-16-25-54(42(7)31-46)44(9)45(10)55-26-17-47(32-43(55)8)15-18-48-34-49-19-21-51(35-53(49)33-40(48)5)61-56-23-13-38(3)30-60(56)62(57-24-14-37(2)29-59(57)61)52-22-20-50-28-39(4)27-41(6)58(50)36-52/h11-36H,1-10H3/b12-11?,18-15?,45-44+. The second-order valence-corrected chi connectivity index (χ2v) is 17.9. The van der Waals surface area contributed by atoms with Gasteiger partial charge in [0.2, 0.25) is 0 Å². The van der Waals surface area contributed by atoms with Gasteiger partial charge in [-0.15, -0.1) is 0 Å². The summed E-state index contributed by atoms with van der Waals surface area (Å²) >= 11 is 0. The number of allylic oxidation sites excluding steroid dienone is 3. The lowest BCUT2D eigenvalue weighted by atomic mass is 9.84. The van der Waals surface area contributed by atoms with E-state index in [0.29, 0.717) is 0 Å². The molecule has 0 aliphatic heterocycles. The summed E-state index contributed by atoms with van der Waals surface area (Å²) < 4.78 is 0. The van der Waals surface area contributed by atoms with Crippen molar-refractivity contribution in [1.29, 1.82) is 0 Å². The van der Waals surface area contributed by atoms with Gasteiger partial charge in [0.25, 0.3) is 0 Å². The molecule has 0 saturated heterocycles. The van der Waals surface area contributed by atoms with Crippen LogP contribution in [0.25, 0.3) is 94.7 Å². The van der Waals surface area contributed by atoms with E-state index in [-0.39, 0.29) is 0 Å². The van der Waals surface area contributed by atoms with Crippen LogP contribution >= 0.6 is 0 Å². The summed E-state index contributed by atoms with van der Waals surface area (Å²) in [5.74, 6) is 0. The molecule has 0 aromatic heterocycles. The van der Waals surface area contributed by atoms with E-state index in [1.165, 1.54) is 143 Å². The Morgan fingerprint density at radius 1 is 0.355 bits per heavy atom. The van der Waals surface area contributed by atoms with Crippen LogP contribution in [-0.2, 0) is 0 Å². The number of hydrogen-bond donors (Lipinski definition) is 0. The lowest BCUT2D eigenvalue weighted by Crippen LogP contribution is -1.93. The van der Waals surface area contributed by atoms with Gasteiger partial charge < -0.3 is 0 Å². The molecule has 0 radical (unpaired) electrons. The first-order valence-electron chi connectivity index (χ1n) is 22.1. The van der Waals surface area contributed by atoms with Crippen molar-refractivity contribution in [1.82, 2.24) is 0 Å². The van der Waals surface area contributed by atoms with Crippen molar-refractivity contribution in [3.63, 3.8) is 0 Å². The van der Waals surface area contributed by atoms with E-state index in [0.717, 1.165) is 0 Å². The Morgan fingerprint density at radius 3 is 1.50 bits per heavy atom. The molecule has 0 saturated carbocycles. The Morgan fingerprint density at radius 2 is 0.919 bits per heavy atom. The highest BCUT2D eigenvalue weighted by atomic mass is 14.2. The normalized spacial score (nSPS) is 12.5. The fourth-order valence-electron chi connectivity index (χ4n) is 9.93. The van der Waals surface area contributed by atoms with Crippen LogP contribution < -0.4 is 0 Å². The molecule has 0 atom stereocenters. The van der Waals surface area contributed by atoms with E-state index in [4.69, 9.17) is 0 Å². The molecular weight excluding hydrogens is 745 g/mol. The molecule has 0 nitrogen and oxygen atoms in total. The molecule has 0 unspecified atom stereocenters. The Kier molecular flexibility index (Phi) is 10.7. The zero-order valence-electron chi connectivity index (χ0n) is 38.0. The molecule has 0 N–H and O–H groups in total. The largest absolute Gasteiger partial charge is 0.0871 e. The van der Waals surface area contributed by atoms with Crippen molar-refractivity contribution >= 4 is 72.5 Å². The average molecular weight is 801 g/mol. The number of fused-ring (bicyclic) bond motifs is 4. The Hall–Kier alpha value is -6.76. The van der Waals surface area contributed by atoms with E-state index in [1.807, 2.05) is 0 Å². The fourth-order valence-corrected chi connectivity index (χ4v) is 9.93. The maximum absolute atomic E-state index is 2.41. The van der Waals surface area contributed by atoms with Crippen LogP contribution in [0.15, 0.2) is 140 Å². The number of hydrogen-bond acceptors (Lipinski definition) is 0. The molecule has 9 rings (SSSR count). The molecule has 304 valence electrons. The molecule has 0 heterocycles. The Bertz CT molecular complexity index is 3380. The number of benzene rings is 9. The predicted molar refractivity (Wildman–Crippen MR) is 275 cm³/mol. The van der Waals surface area contributed by atoms with Crippen molar-refractivity contribution in [2.24, 2.45) is 0 Å². The molecule has 0 heteroatoms. The minimum Gasteiger partial charge on any atom is -0.0871 e. The minimum atomic E-state index is 1.21. The van der Waals surface area contributed by atoms with Gasteiger partial charge in [0.05, 0.1) is 0 Å². The molecule has 0 amide bonds. The number of rotatable bonds is 7. The van der Waals surface area contributed by atoms with Crippen LogP contribution in [-0.4, -0.2) is 0 Å². The van der Waals surface area contributed by atoms with Crippen molar-refractivity contribution in [2.75, 3.05) is 0 Å². The van der Waals surface area contributed by atoms with Crippen molar-refractivity contribution in [3.8, 4) is 22.3 Å². The van der Waals surface area contributed by atoms with Crippen LogP contribution in [0.1, 0.15) is 87.5 Å². The highest BCUT2D eigenvalue weighted by Gasteiger charge is 2.19. The summed E-state index contributed by atoms with van der Waals surface area (Å²) in [7, 11) is 0. The third-order valence-corrected chi connectivity index (χ3v) is 13.2. The van der Waals surface area contributed by atoms with Crippen LogP contribution in [0, 0.1) is 48.5 Å². The second-order valence-electron chi connectivity index (χ2n) is 17.9. The van der Waals surface area contributed by atoms with Crippen molar-refractivity contribution < 1.29 is 0 Å². The van der Waals surface area contributed by atoms with E-state index in [2.05, 4.69) is 227 Å². The van der Waals surface area contributed by atoms with E-state index >= 15 is 0 Å². The van der Waals surface area contributed by atoms with E-state index < -0.39 is 0 Å². The molecule has 0 bridgehead atoms. The fraction of sp³-hybridized carbons (Fsp3) is 0.161. The summed E-state index contributed by atoms with van der Waals surface area (Å²) in [4.78, 5) is 0. The zero-order valence-corrected chi connectivity index (χ0v) is 38.0. The van der Waals surface area contributed by atoms with Gasteiger partial charge in [0, 0.05) is 0 Å². The SMILES string of the molecule is CC=Cc1ccc(/C(C)=C(\C)c2ccc(C=Cc3cc4ccc(-c5c6ccc(C)cc6c(-c6ccc7cc(C)cc(C)c7c6)c6ccc(C)cc56)cc4cc3C)cc2C)c(C)c1. The van der Waals surface area contributed by atoms with Crippen LogP contribution in [0.4, 0.5) is 0 Å². The monoisotopic (exact) mass is 800 g/mol. The Balaban J connectivity index is 1.08. The average Bonchev–Trinajstić information content (AvgIpc) is 3.24. The van der Waals surface area contributed by atoms with Crippen LogP contribution in [0.3, 0.4) is 0 Å². The minimum absolute atomic E-state index is 1.21. The maximum atomic E-state index is 2.41. The first-order valence-corrected chi connectivity index (χ1v) is 22.1. The molecule has 0 aliphatic carbocycles. The summed E-state index contributed by atoms with van der Waals surface area (Å²) in [6.45, 7) is 22.1. The molecule has 9 aromatic rings. The smallest absolute Gasteiger partial charge is 0.00260 e. The van der Waals surface area contributed by atoms with Gasteiger partial charge in [0.15, 0.2) is 0 Å². The number of aryl methyl sites for hydroxylation is 7. The third kappa shape index (κ3) is 7.49.